The lowest BCUT2D eigenvalue weighted by atomic mass is 10.0. The molecule has 0 bridgehead atoms. The molecule has 1 saturated carbocycles. The lowest BCUT2D eigenvalue weighted by Crippen LogP contribution is -2.53. The van der Waals surface area contributed by atoms with E-state index < -0.39 is 11.7 Å². The van der Waals surface area contributed by atoms with E-state index >= 15 is 0 Å². The summed E-state index contributed by atoms with van der Waals surface area (Å²) in [5.41, 5.74) is -0.585. The van der Waals surface area contributed by atoms with E-state index in [1.807, 2.05) is 4.90 Å². The highest BCUT2D eigenvalue weighted by atomic mass is 16.6. The topological polar surface area (TPSA) is 79.0 Å². The maximum Gasteiger partial charge on any atom is 0.408 e. The molecular formula is C18H31N3O4. The molecule has 1 aliphatic carbocycles. The third-order valence-corrected chi connectivity index (χ3v) is 4.71. The molecule has 25 heavy (non-hydrogen) atoms. The zero-order chi connectivity index (χ0) is 18.4. The standard InChI is InChI=1S/C18H31N3O4/c1-18(2,3)25-17(24)19-13-16(23)21-10-8-20(9-11-21)15(22)12-14-6-4-5-7-14/h14H,4-13H2,1-3H3,(H,19,24). The van der Waals surface area contributed by atoms with E-state index in [0.29, 0.717) is 38.5 Å². The van der Waals surface area contributed by atoms with Crippen LogP contribution in [0.25, 0.3) is 0 Å². The first-order valence-corrected chi connectivity index (χ1v) is 9.27. The minimum Gasteiger partial charge on any atom is -0.444 e. The molecule has 0 aromatic rings. The van der Waals surface area contributed by atoms with Gasteiger partial charge < -0.3 is 19.9 Å². The zero-order valence-electron chi connectivity index (χ0n) is 15.7. The fourth-order valence-electron chi connectivity index (χ4n) is 3.37. The predicted molar refractivity (Wildman–Crippen MR) is 94.0 cm³/mol. The summed E-state index contributed by atoms with van der Waals surface area (Å²) in [4.78, 5) is 39.7. The summed E-state index contributed by atoms with van der Waals surface area (Å²) in [6.07, 6.45) is 4.87. The summed E-state index contributed by atoms with van der Waals surface area (Å²) in [5, 5.41) is 2.49. The van der Waals surface area contributed by atoms with Crippen molar-refractivity contribution in [3.05, 3.63) is 0 Å². The Morgan fingerprint density at radius 2 is 1.48 bits per heavy atom. The highest BCUT2D eigenvalue weighted by molar-refractivity contribution is 5.83. The van der Waals surface area contributed by atoms with Crippen LogP contribution in [0.4, 0.5) is 4.79 Å². The van der Waals surface area contributed by atoms with Crippen LogP contribution in [0.2, 0.25) is 0 Å². The smallest absolute Gasteiger partial charge is 0.408 e. The summed E-state index contributed by atoms with van der Waals surface area (Å²) < 4.78 is 5.11. The van der Waals surface area contributed by atoms with Gasteiger partial charge in [-0.2, -0.15) is 0 Å². The zero-order valence-corrected chi connectivity index (χ0v) is 15.7. The van der Waals surface area contributed by atoms with Crippen LogP contribution in [0.1, 0.15) is 52.9 Å². The number of hydrogen-bond donors (Lipinski definition) is 1. The number of nitrogens with one attached hydrogen (secondary N) is 1. The van der Waals surface area contributed by atoms with Gasteiger partial charge in [0.1, 0.15) is 12.1 Å². The fourth-order valence-corrected chi connectivity index (χ4v) is 3.37. The molecule has 2 aliphatic rings. The van der Waals surface area contributed by atoms with Gasteiger partial charge in [-0.1, -0.05) is 12.8 Å². The Hall–Kier alpha value is -1.79. The number of ether oxygens (including phenoxy) is 1. The van der Waals surface area contributed by atoms with E-state index in [9.17, 15) is 14.4 Å². The van der Waals surface area contributed by atoms with Crippen molar-refractivity contribution in [3.63, 3.8) is 0 Å². The molecule has 2 fully saturated rings. The van der Waals surface area contributed by atoms with Gasteiger partial charge in [-0.05, 0) is 39.5 Å². The molecule has 3 amide bonds. The Kier molecular flexibility index (Phi) is 6.67. The highest BCUT2D eigenvalue weighted by Crippen LogP contribution is 2.28. The van der Waals surface area contributed by atoms with Crippen molar-refractivity contribution in [2.75, 3.05) is 32.7 Å². The van der Waals surface area contributed by atoms with Crippen LogP contribution in [-0.4, -0.2) is 66.0 Å². The van der Waals surface area contributed by atoms with Gasteiger partial charge in [0.2, 0.25) is 11.8 Å². The lowest BCUT2D eigenvalue weighted by Gasteiger charge is -2.35. The molecule has 1 saturated heterocycles. The van der Waals surface area contributed by atoms with Crippen LogP contribution >= 0.6 is 0 Å². The van der Waals surface area contributed by atoms with Crippen molar-refractivity contribution in [2.24, 2.45) is 5.92 Å². The number of rotatable bonds is 4. The van der Waals surface area contributed by atoms with Gasteiger partial charge in [-0.3, -0.25) is 9.59 Å². The Balaban J connectivity index is 1.67. The molecule has 1 N–H and O–H groups in total. The van der Waals surface area contributed by atoms with Crippen molar-refractivity contribution in [2.45, 2.75) is 58.5 Å². The van der Waals surface area contributed by atoms with Gasteiger partial charge in [0.25, 0.3) is 0 Å². The molecule has 0 unspecified atom stereocenters. The fraction of sp³-hybridized carbons (Fsp3) is 0.833. The minimum absolute atomic E-state index is 0.0784. The van der Waals surface area contributed by atoms with E-state index in [4.69, 9.17) is 4.74 Å². The number of carbonyl (C=O) groups excluding carboxylic acids is 3. The van der Waals surface area contributed by atoms with Gasteiger partial charge in [0.05, 0.1) is 0 Å². The predicted octanol–water partition coefficient (Wildman–Crippen LogP) is 1.76. The molecule has 0 atom stereocenters. The third kappa shape index (κ3) is 6.55. The van der Waals surface area contributed by atoms with Crippen LogP contribution < -0.4 is 5.32 Å². The lowest BCUT2D eigenvalue weighted by molar-refractivity contribution is -0.139. The molecule has 0 aromatic heterocycles. The van der Waals surface area contributed by atoms with Crippen LogP contribution in [0, 0.1) is 5.92 Å². The highest BCUT2D eigenvalue weighted by Gasteiger charge is 2.27. The van der Waals surface area contributed by atoms with Gasteiger partial charge in [0, 0.05) is 32.6 Å². The van der Waals surface area contributed by atoms with E-state index in [2.05, 4.69) is 5.32 Å². The molecule has 0 spiro atoms. The molecule has 0 aromatic carbocycles. The molecular weight excluding hydrogens is 322 g/mol. The van der Waals surface area contributed by atoms with Crippen molar-refractivity contribution >= 4 is 17.9 Å². The van der Waals surface area contributed by atoms with E-state index in [1.54, 1.807) is 25.7 Å². The summed E-state index contributed by atoms with van der Waals surface area (Å²) in [5.74, 6) is 0.616. The molecule has 0 radical (unpaired) electrons. The van der Waals surface area contributed by atoms with Crippen LogP contribution in [0.3, 0.4) is 0 Å². The largest absolute Gasteiger partial charge is 0.444 e. The monoisotopic (exact) mass is 353 g/mol. The van der Waals surface area contributed by atoms with Gasteiger partial charge in [0.15, 0.2) is 0 Å². The number of amides is 3. The van der Waals surface area contributed by atoms with E-state index in [1.165, 1.54) is 25.7 Å². The Bertz CT molecular complexity index is 487. The second-order valence-electron chi connectivity index (χ2n) is 7.97. The second-order valence-corrected chi connectivity index (χ2v) is 7.97. The number of hydrogen-bond acceptors (Lipinski definition) is 4. The average Bonchev–Trinajstić information content (AvgIpc) is 3.04. The summed E-state index contributed by atoms with van der Waals surface area (Å²) in [6, 6.07) is 0. The Morgan fingerprint density at radius 3 is 2.00 bits per heavy atom. The number of piperazine rings is 1. The minimum atomic E-state index is -0.591. The Labute approximate surface area is 150 Å². The summed E-state index contributed by atoms with van der Waals surface area (Å²) >= 11 is 0. The summed E-state index contributed by atoms with van der Waals surface area (Å²) in [6.45, 7) is 7.43. The van der Waals surface area contributed by atoms with Crippen LogP contribution in [-0.2, 0) is 14.3 Å². The maximum atomic E-state index is 12.3. The van der Waals surface area contributed by atoms with Crippen LogP contribution in [0.5, 0.6) is 0 Å². The Morgan fingerprint density at radius 1 is 0.960 bits per heavy atom. The normalized spacial score (nSPS) is 19.0. The molecule has 1 heterocycles. The molecule has 7 heteroatoms. The maximum absolute atomic E-state index is 12.3. The van der Waals surface area contributed by atoms with Gasteiger partial charge >= 0.3 is 6.09 Å². The van der Waals surface area contributed by atoms with Crippen molar-refractivity contribution < 1.29 is 19.1 Å². The SMILES string of the molecule is CC(C)(C)OC(=O)NCC(=O)N1CCN(C(=O)CC2CCCC2)CC1. The van der Waals surface area contributed by atoms with E-state index in [-0.39, 0.29) is 18.4 Å². The number of alkyl carbamates (subject to hydrolysis) is 1. The first-order chi connectivity index (χ1) is 11.7. The third-order valence-electron chi connectivity index (χ3n) is 4.71. The first kappa shape index (κ1) is 19.5. The van der Waals surface area contributed by atoms with Crippen LogP contribution in [0.15, 0.2) is 0 Å². The van der Waals surface area contributed by atoms with Crippen molar-refractivity contribution in [1.29, 1.82) is 0 Å². The van der Waals surface area contributed by atoms with Gasteiger partial charge in [-0.25, -0.2) is 4.79 Å². The summed E-state index contributed by atoms with van der Waals surface area (Å²) in [7, 11) is 0. The van der Waals surface area contributed by atoms with E-state index in [0.717, 1.165) is 0 Å². The van der Waals surface area contributed by atoms with Gasteiger partial charge in [-0.15, -0.1) is 0 Å². The first-order valence-electron chi connectivity index (χ1n) is 9.27. The second kappa shape index (κ2) is 8.54. The van der Waals surface area contributed by atoms with Crippen molar-refractivity contribution in [3.8, 4) is 0 Å². The molecule has 1 aliphatic heterocycles. The quantitative estimate of drug-likeness (QED) is 0.835. The molecule has 142 valence electrons. The van der Waals surface area contributed by atoms with Crippen molar-refractivity contribution in [1.82, 2.24) is 15.1 Å². The number of carbonyl (C=O) groups is 3. The average molecular weight is 353 g/mol. The molecule has 7 nitrogen and oxygen atoms in total. The molecule has 2 rings (SSSR count). The number of nitrogens with zero attached hydrogens (tertiary/aromatic N) is 2.